The summed E-state index contributed by atoms with van der Waals surface area (Å²) in [5.74, 6) is 0.872. The standard InChI is InChI=1S/C21H19ClN2O/c1-14-20-13-24(12-15-3-6-17(25-2)7-4-15)21-11-16(22)5-8-19(21)18(20)9-10-23-14/h3-11H,12-13H2,1-2H3. The molecular weight excluding hydrogens is 332 g/mol. The number of anilines is 1. The van der Waals surface area contributed by atoms with E-state index in [4.69, 9.17) is 16.3 Å². The van der Waals surface area contributed by atoms with Gasteiger partial charge in [0, 0.05) is 46.8 Å². The van der Waals surface area contributed by atoms with Crippen molar-refractivity contribution >= 4 is 17.3 Å². The molecule has 126 valence electrons. The van der Waals surface area contributed by atoms with Gasteiger partial charge in [-0.15, -0.1) is 0 Å². The Morgan fingerprint density at radius 3 is 2.64 bits per heavy atom. The molecule has 0 saturated carbocycles. The highest BCUT2D eigenvalue weighted by Crippen LogP contribution is 2.41. The zero-order chi connectivity index (χ0) is 17.4. The molecule has 0 atom stereocenters. The normalized spacial score (nSPS) is 12.5. The van der Waals surface area contributed by atoms with E-state index in [0.717, 1.165) is 29.6 Å². The largest absolute Gasteiger partial charge is 0.497 e. The molecule has 3 nitrogen and oxygen atoms in total. The number of halogens is 1. The van der Waals surface area contributed by atoms with Crippen molar-refractivity contribution in [1.29, 1.82) is 0 Å². The number of pyridine rings is 1. The van der Waals surface area contributed by atoms with Crippen molar-refractivity contribution in [2.24, 2.45) is 0 Å². The van der Waals surface area contributed by atoms with Crippen molar-refractivity contribution in [3.8, 4) is 16.9 Å². The van der Waals surface area contributed by atoms with Gasteiger partial charge in [0.2, 0.25) is 0 Å². The van der Waals surface area contributed by atoms with Crippen molar-refractivity contribution < 1.29 is 4.74 Å². The number of fused-ring (bicyclic) bond motifs is 3. The lowest BCUT2D eigenvalue weighted by molar-refractivity contribution is 0.414. The number of benzene rings is 2. The smallest absolute Gasteiger partial charge is 0.118 e. The highest BCUT2D eigenvalue weighted by molar-refractivity contribution is 6.31. The minimum Gasteiger partial charge on any atom is -0.497 e. The van der Waals surface area contributed by atoms with Gasteiger partial charge in [-0.2, -0.15) is 0 Å². The van der Waals surface area contributed by atoms with Gasteiger partial charge >= 0.3 is 0 Å². The second-order valence-electron chi connectivity index (χ2n) is 6.29. The van der Waals surface area contributed by atoms with Crippen LogP contribution in [0.5, 0.6) is 5.75 Å². The van der Waals surface area contributed by atoms with Crippen LogP contribution in [0.25, 0.3) is 11.1 Å². The molecule has 0 unspecified atom stereocenters. The van der Waals surface area contributed by atoms with E-state index in [2.05, 4.69) is 47.1 Å². The summed E-state index contributed by atoms with van der Waals surface area (Å²) in [7, 11) is 1.69. The zero-order valence-electron chi connectivity index (χ0n) is 14.3. The molecule has 0 fully saturated rings. The Bertz CT molecular complexity index is 922. The third-order valence-corrected chi connectivity index (χ3v) is 4.98. The Kier molecular flexibility index (Phi) is 4.10. The van der Waals surface area contributed by atoms with Gasteiger partial charge in [-0.05, 0) is 48.4 Å². The minimum atomic E-state index is 0.757. The van der Waals surface area contributed by atoms with Crippen LogP contribution in [0.3, 0.4) is 0 Å². The van der Waals surface area contributed by atoms with Gasteiger partial charge in [0.25, 0.3) is 0 Å². The van der Waals surface area contributed by atoms with Gasteiger partial charge in [0.15, 0.2) is 0 Å². The fraction of sp³-hybridized carbons (Fsp3) is 0.190. The topological polar surface area (TPSA) is 25.4 Å². The fourth-order valence-corrected chi connectivity index (χ4v) is 3.58. The lowest BCUT2D eigenvalue weighted by atomic mass is 9.92. The molecule has 1 aliphatic heterocycles. The van der Waals surface area contributed by atoms with Crippen LogP contribution in [0, 0.1) is 6.92 Å². The lowest BCUT2D eigenvalue weighted by Crippen LogP contribution is -2.27. The highest BCUT2D eigenvalue weighted by atomic mass is 35.5. The molecule has 0 radical (unpaired) electrons. The Morgan fingerprint density at radius 1 is 1.08 bits per heavy atom. The molecule has 4 heteroatoms. The molecule has 1 aliphatic rings. The van der Waals surface area contributed by atoms with E-state index >= 15 is 0 Å². The van der Waals surface area contributed by atoms with Gasteiger partial charge in [-0.25, -0.2) is 0 Å². The quantitative estimate of drug-likeness (QED) is 0.646. The first-order chi connectivity index (χ1) is 12.2. The van der Waals surface area contributed by atoms with Gasteiger partial charge < -0.3 is 9.64 Å². The molecule has 0 bridgehead atoms. The number of hydrogen-bond acceptors (Lipinski definition) is 3. The predicted octanol–water partition coefficient (Wildman–Crippen LogP) is 5.24. The van der Waals surface area contributed by atoms with Crippen LogP contribution in [0.4, 0.5) is 5.69 Å². The number of nitrogens with zero attached hydrogens (tertiary/aromatic N) is 2. The van der Waals surface area contributed by atoms with Gasteiger partial charge in [-0.1, -0.05) is 29.8 Å². The maximum Gasteiger partial charge on any atom is 0.118 e. The van der Waals surface area contributed by atoms with Crippen molar-refractivity contribution in [3.63, 3.8) is 0 Å². The summed E-state index contributed by atoms with van der Waals surface area (Å²) in [6, 6.07) is 16.4. The summed E-state index contributed by atoms with van der Waals surface area (Å²) in [4.78, 5) is 6.84. The van der Waals surface area contributed by atoms with Gasteiger partial charge in [0.05, 0.1) is 7.11 Å². The van der Waals surface area contributed by atoms with Gasteiger partial charge in [0.1, 0.15) is 5.75 Å². The molecule has 0 N–H and O–H groups in total. The summed E-state index contributed by atoms with van der Waals surface area (Å²) in [5, 5.41) is 0.757. The molecule has 2 heterocycles. The van der Waals surface area contributed by atoms with E-state index in [9.17, 15) is 0 Å². The molecule has 2 aromatic carbocycles. The molecule has 1 aromatic heterocycles. The van der Waals surface area contributed by atoms with E-state index in [0.29, 0.717) is 0 Å². The second-order valence-corrected chi connectivity index (χ2v) is 6.72. The van der Waals surface area contributed by atoms with Crippen LogP contribution in [0.2, 0.25) is 5.02 Å². The Morgan fingerprint density at radius 2 is 1.88 bits per heavy atom. The molecular formula is C21H19ClN2O. The number of aryl methyl sites for hydroxylation is 1. The second kappa shape index (κ2) is 6.41. The fourth-order valence-electron chi connectivity index (χ4n) is 3.41. The first-order valence-corrected chi connectivity index (χ1v) is 8.66. The van der Waals surface area contributed by atoms with Crippen LogP contribution in [0.1, 0.15) is 16.8 Å². The molecule has 0 aliphatic carbocycles. The van der Waals surface area contributed by atoms with Crippen molar-refractivity contribution in [2.45, 2.75) is 20.0 Å². The third-order valence-electron chi connectivity index (χ3n) is 4.74. The zero-order valence-corrected chi connectivity index (χ0v) is 15.0. The maximum atomic E-state index is 6.29. The number of aromatic nitrogens is 1. The van der Waals surface area contributed by atoms with Crippen molar-refractivity contribution in [1.82, 2.24) is 4.98 Å². The van der Waals surface area contributed by atoms with Crippen molar-refractivity contribution in [3.05, 3.63) is 76.6 Å². The van der Waals surface area contributed by atoms with E-state index in [1.54, 1.807) is 7.11 Å². The first-order valence-electron chi connectivity index (χ1n) is 8.28. The average molecular weight is 351 g/mol. The van der Waals surface area contributed by atoms with E-state index < -0.39 is 0 Å². The van der Waals surface area contributed by atoms with Crippen LogP contribution >= 0.6 is 11.6 Å². The number of rotatable bonds is 3. The summed E-state index contributed by atoms with van der Waals surface area (Å²) in [5.41, 5.74) is 7.23. The first kappa shape index (κ1) is 16.0. The maximum absolute atomic E-state index is 6.29. The SMILES string of the molecule is COc1ccc(CN2Cc3c(ccnc3C)-c3ccc(Cl)cc32)cc1. The molecule has 25 heavy (non-hydrogen) atoms. The lowest BCUT2D eigenvalue weighted by Gasteiger charge is -2.33. The number of hydrogen-bond donors (Lipinski definition) is 0. The van der Waals surface area contributed by atoms with E-state index in [1.807, 2.05) is 24.4 Å². The van der Waals surface area contributed by atoms with Crippen molar-refractivity contribution in [2.75, 3.05) is 12.0 Å². The Hall–Kier alpha value is -2.52. The Balaban J connectivity index is 1.76. The number of ether oxygens (including phenoxy) is 1. The molecule has 0 saturated heterocycles. The van der Waals surface area contributed by atoms with Crippen LogP contribution in [-0.2, 0) is 13.1 Å². The van der Waals surface area contributed by atoms with E-state index in [1.165, 1.54) is 27.9 Å². The number of methoxy groups -OCH3 is 1. The van der Waals surface area contributed by atoms with E-state index in [-0.39, 0.29) is 0 Å². The molecule has 4 rings (SSSR count). The van der Waals surface area contributed by atoms with Crippen LogP contribution < -0.4 is 9.64 Å². The summed E-state index contributed by atoms with van der Waals surface area (Å²) in [6.45, 7) is 3.71. The third kappa shape index (κ3) is 2.96. The Labute approximate surface area is 152 Å². The molecule has 0 amide bonds. The molecule has 3 aromatic rings. The average Bonchev–Trinajstić information content (AvgIpc) is 2.63. The molecule has 0 spiro atoms. The minimum absolute atomic E-state index is 0.757. The highest BCUT2D eigenvalue weighted by Gasteiger charge is 2.24. The predicted molar refractivity (Wildman–Crippen MR) is 102 cm³/mol. The van der Waals surface area contributed by atoms with Crippen LogP contribution in [-0.4, -0.2) is 12.1 Å². The summed E-state index contributed by atoms with van der Waals surface area (Å²) in [6.07, 6.45) is 1.88. The monoisotopic (exact) mass is 350 g/mol. The van der Waals surface area contributed by atoms with Gasteiger partial charge in [-0.3, -0.25) is 4.98 Å². The summed E-state index contributed by atoms with van der Waals surface area (Å²) >= 11 is 6.29. The summed E-state index contributed by atoms with van der Waals surface area (Å²) < 4.78 is 5.25. The van der Waals surface area contributed by atoms with Crippen LogP contribution in [0.15, 0.2) is 54.7 Å².